The molecule has 0 unspecified atom stereocenters. The Hall–Kier alpha value is -2.56. The monoisotopic (exact) mass is 340 g/mol. The third-order valence-electron chi connectivity index (χ3n) is 4.40. The van der Waals surface area contributed by atoms with E-state index in [1.165, 1.54) is 12.8 Å². The number of methoxy groups -OCH3 is 1. The Labute approximate surface area is 148 Å². The number of pyridine rings is 1. The minimum Gasteiger partial charge on any atom is -0.493 e. The molecule has 0 radical (unpaired) electrons. The number of nitrogens with zero attached hydrogens (tertiary/aromatic N) is 1. The first kappa shape index (κ1) is 17.3. The number of nitrogens with one attached hydrogen (secondary N) is 1. The normalized spacial score (nSPS) is 14.3. The Kier molecular flexibility index (Phi) is 5.53. The highest BCUT2D eigenvalue weighted by Crippen LogP contribution is 2.32. The zero-order chi connectivity index (χ0) is 17.6. The summed E-state index contributed by atoms with van der Waals surface area (Å²) in [5.74, 6) is 1.13. The lowest BCUT2D eigenvalue weighted by atomic mass is 10.1. The Balaban J connectivity index is 1.65. The maximum atomic E-state index is 12.4. The second kappa shape index (κ2) is 8.01. The first-order valence-electron chi connectivity index (χ1n) is 8.71. The van der Waals surface area contributed by atoms with Crippen molar-refractivity contribution in [2.45, 2.75) is 45.3 Å². The quantitative estimate of drug-likeness (QED) is 0.872. The van der Waals surface area contributed by atoms with E-state index in [9.17, 15) is 4.79 Å². The second-order valence-corrected chi connectivity index (χ2v) is 6.34. The Morgan fingerprint density at radius 2 is 2.00 bits per heavy atom. The standard InChI is InChI=1S/C20H24N2O3/c1-14-6-5-7-16(22-14)13-21-20(23)15-10-11-18(19(12-15)24-2)25-17-8-3-4-9-17/h5-7,10-12,17H,3-4,8-9,13H2,1-2H3,(H,21,23). The van der Waals surface area contributed by atoms with Crippen molar-refractivity contribution in [3.05, 3.63) is 53.3 Å². The van der Waals surface area contributed by atoms with Gasteiger partial charge in [0.1, 0.15) is 0 Å². The lowest BCUT2D eigenvalue weighted by Crippen LogP contribution is -2.23. The number of hydrogen-bond donors (Lipinski definition) is 1. The summed E-state index contributed by atoms with van der Waals surface area (Å²) in [6, 6.07) is 11.1. The number of aromatic nitrogens is 1. The van der Waals surface area contributed by atoms with Crippen LogP contribution in [-0.4, -0.2) is 24.1 Å². The molecule has 132 valence electrons. The molecule has 1 fully saturated rings. The summed E-state index contributed by atoms with van der Waals surface area (Å²) in [6.07, 6.45) is 4.83. The average molecular weight is 340 g/mol. The van der Waals surface area contributed by atoms with Gasteiger partial charge in [-0.3, -0.25) is 9.78 Å². The van der Waals surface area contributed by atoms with Crippen LogP contribution in [0.3, 0.4) is 0 Å². The fraction of sp³-hybridized carbons (Fsp3) is 0.400. The molecule has 5 heteroatoms. The van der Waals surface area contributed by atoms with Crippen molar-refractivity contribution in [3.63, 3.8) is 0 Å². The fourth-order valence-corrected chi connectivity index (χ4v) is 3.06. The van der Waals surface area contributed by atoms with Crippen LogP contribution in [0.2, 0.25) is 0 Å². The highest BCUT2D eigenvalue weighted by molar-refractivity contribution is 5.94. The smallest absolute Gasteiger partial charge is 0.251 e. The van der Waals surface area contributed by atoms with E-state index in [0.717, 1.165) is 24.2 Å². The minimum absolute atomic E-state index is 0.158. The number of ether oxygens (including phenoxy) is 2. The summed E-state index contributed by atoms with van der Waals surface area (Å²) < 4.78 is 11.4. The van der Waals surface area contributed by atoms with Gasteiger partial charge in [-0.05, 0) is 62.9 Å². The summed E-state index contributed by atoms with van der Waals surface area (Å²) in [6.45, 7) is 2.32. The molecule has 3 rings (SSSR count). The summed E-state index contributed by atoms with van der Waals surface area (Å²) in [5.41, 5.74) is 2.31. The lowest BCUT2D eigenvalue weighted by Gasteiger charge is -2.16. The SMILES string of the molecule is COc1cc(C(=O)NCc2cccc(C)n2)ccc1OC1CCCC1. The molecule has 2 aromatic rings. The second-order valence-electron chi connectivity index (χ2n) is 6.34. The van der Waals surface area contributed by atoms with Gasteiger partial charge in [-0.2, -0.15) is 0 Å². The van der Waals surface area contributed by atoms with Gasteiger partial charge in [-0.1, -0.05) is 6.07 Å². The van der Waals surface area contributed by atoms with Crippen LogP contribution >= 0.6 is 0 Å². The summed E-state index contributed by atoms with van der Waals surface area (Å²) in [4.78, 5) is 16.8. The van der Waals surface area contributed by atoms with Crippen molar-refractivity contribution in [2.24, 2.45) is 0 Å². The van der Waals surface area contributed by atoms with Crippen LogP contribution < -0.4 is 14.8 Å². The van der Waals surface area contributed by atoms with Gasteiger partial charge in [0.05, 0.1) is 25.5 Å². The predicted molar refractivity (Wildman–Crippen MR) is 96.0 cm³/mol. The third kappa shape index (κ3) is 4.50. The number of aryl methyl sites for hydroxylation is 1. The molecular weight excluding hydrogens is 316 g/mol. The molecule has 1 aromatic heterocycles. The van der Waals surface area contributed by atoms with Gasteiger partial charge in [0, 0.05) is 11.3 Å². The zero-order valence-corrected chi connectivity index (χ0v) is 14.7. The first-order valence-corrected chi connectivity index (χ1v) is 8.71. The maximum absolute atomic E-state index is 12.4. The van der Waals surface area contributed by atoms with Crippen molar-refractivity contribution in [1.82, 2.24) is 10.3 Å². The molecule has 1 saturated carbocycles. The fourth-order valence-electron chi connectivity index (χ4n) is 3.06. The summed E-state index contributed by atoms with van der Waals surface area (Å²) in [7, 11) is 1.59. The van der Waals surface area contributed by atoms with Crippen LogP contribution in [0.25, 0.3) is 0 Å². The number of carbonyl (C=O) groups excluding carboxylic acids is 1. The minimum atomic E-state index is -0.158. The summed E-state index contributed by atoms with van der Waals surface area (Å²) >= 11 is 0. The average Bonchev–Trinajstić information content (AvgIpc) is 3.13. The molecular formula is C20H24N2O3. The van der Waals surface area contributed by atoms with Gasteiger partial charge in [0.2, 0.25) is 0 Å². The van der Waals surface area contributed by atoms with Gasteiger partial charge in [-0.15, -0.1) is 0 Å². The molecule has 1 amide bonds. The molecule has 25 heavy (non-hydrogen) atoms. The van der Waals surface area contributed by atoms with Gasteiger partial charge in [0.15, 0.2) is 11.5 Å². The van der Waals surface area contributed by atoms with Gasteiger partial charge < -0.3 is 14.8 Å². The number of rotatable bonds is 6. The highest BCUT2D eigenvalue weighted by atomic mass is 16.5. The van der Waals surface area contributed by atoms with E-state index >= 15 is 0 Å². The largest absolute Gasteiger partial charge is 0.493 e. The Bertz CT molecular complexity index is 739. The van der Waals surface area contributed by atoms with Gasteiger partial charge in [0.25, 0.3) is 5.91 Å². The maximum Gasteiger partial charge on any atom is 0.251 e. The molecule has 1 aliphatic carbocycles. The summed E-state index contributed by atoms with van der Waals surface area (Å²) in [5, 5.41) is 2.89. The van der Waals surface area contributed by atoms with Gasteiger partial charge >= 0.3 is 0 Å². The Morgan fingerprint density at radius 1 is 1.20 bits per heavy atom. The number of hydrogen-bond acceptors (Lipinski definition) is 4. The Morgan fingerprint density at radius 3 is 2.72 bits per heavy atom. The van der Waals surface area contributed by atoms with Crippen LogP contribution in [0, 0.1) is 6.92 Å². The number of amides is 1. The molecule has 1 aromatic carbocycles. The zero-order valence-electron chi connectivity index (χ0n) is 14.7. The molecule has 0 atom stereocenters. The molecule has 0 bridgehead atoms. The molecule has 0 spiro atoms. The van der Waals surface area contributed by atoms with E-state index < -0.39 is 0 Å². The van der Waals surface area contributed by atoms with Crippen molar-refractivity contribution in [1.29, 1.82) is 0 Å². The van der Waals surface area contributed by atoms with E-state index in [1.807, 2.05) is 31.2 Å². The van der Waals surface area contributed by atoms with E-state index in [4.69, 9.17) is 9.47 Å². The highest BCUT2D eigenvalue weighted by Gasteiger charge is 2.19. The van der Waals surface area contributed by atoms with Crippen molar-refractivity contribution in [3.8, 4) is 11.5 Å². The molecule has 1 heterocycles. The van der Waals surface area contributed by atoms with E-state index in [1.54, 1.807) is 19.2 Å². The molecule has 0 aliphatic heterocycles. The third-order valence-corrected chi connectivity index (χ3v) is 4.40. The van der Waals surface area contributed by atoms with Crippen LogP contribution in [0.5, 0.6) is 11.5 Å². The van der Waals surface area contributed by atoms with Gasteiger partial charge in [-0.25, -0.2) is 0 Å². The van der Waals surface area contributed by atoms with Crippen LogP contribution in [0.1, 0.15) is 47.4 Å². The first-order chi connectivity index (χ1) is 12.2. The van der Waals surface area contributed by atoms with E-state index in [-0.39, 0.29) is 12.0 Å². The molecule has 1 N–H and O–H groups in total. The van der Waals surface area contributed by atoms with E-state index in [0.29, 0.717) is 23.6 Å². The van der Waals surface area contributed by atoms with Crippen LogP contribution in [0.4, 0.5) is 0 Å². The van der Waals surface area contributed by atoms with Crippen LogP contribution in [0.15, 0.2) is 36.4 Å². The van der Waals surface area contributed by atoms with Crippen LogP contribution in [-0.2, 0) is 6.54 Å². The lowest BCUT2D eigenvalue weighted by molar-refractivity contribution is 0.0950. The molecule has 5 nitrogen and oxygen atoms in total. The predicted octanol–water partition coefficient (Wildman–Crippen LogP) is 3.65. The number of benzene rings is 1. The topological polar surface area (TPSA) is 60.5 Å². The molecule has 1 aliphatic rings. The number of carbonyl (C=O) groups is 1. The van der Waals surface area contributed by atoms with Crippen molar-refractivity contribution >= 4 is 5.91 Å². The van der Waals surface area contributed by atoms with Crippen molar-refractivity contribution < 1.29 is 14.3 Å². The molecule has 0 saturated heterocycles. The van der Waals surface area contributed by atoms with Crippen molar-refractivity contribution in [2.75, 3.05) is 7.11 Å². The van der Waals surface area contributed by atoms with E-state index in [2.05, 4.69) is 10.3 Å².